The van der Waals surface area contributed by atoms with E-state index in [4.69, 9.17) is 10.5 Å². The number of nitrogens with two attached hydrogens (primary N) is 1. The second-order valence-corrected chi connectivity index (χ2v) is 4.47. The van der Waals surface area contributed by atoms with E-state index in [0.29, 0.717) is 11.6 Å². The molecule has 1 aliphatic heterocycles. The summed E-state index contributed by atoms with van der Waals surface area (Å²) in [7, 11) is 0. The highest BCUT2D eigenvalue weighted by Gasteiger charge is 2.14. The molecule has 18 heavy (non-hydrogen) atoms. The van der Waals surface area contributed by atoms with E-state index in [1.54, 1.807) is 6.07 Å². The van der Waals surface area contributed by atoms with Crippen LogP contribution in [0.5, 0.6) is 0 Å². The third-order valence-corrected chi connectivity index (χ3v) is 3.17. The van der Waals surface area contributed by atoms with Crippen molar-refractivity contribution in [3.05, 3.63) is 28.3 Å². The largest absolute Gasteiger partial charge is 0.397 e. The molecular formula is C12H17N3O3. The van der Waals surface area contributed by atoms with Gasteiger partial charge in [-0.2, -0.15) is 0 Å². The first-order valence-corrected chi connectivity index (χ1v) is 6.02. The van der Waals surface area contributed by atoms with Crippen molar-refractivity contribution in [3.63, 3.8) is 0 Å². The second kappa shape index (κ2) is 5.68. The first-order chi connectivity index (χ1) is 8.66. The van der Waals surface area contributed by atoms with E-state index >= 15 is 0 Å². The van der Waals surface area contributed by atoms with Gasteiger partial charge in [0.2, 0.25) is 0 Å². The Labute approximate surface area is 105 Å². The Bertz CT molecular complexity index is 431. The predicted octanol–water partition coefficient (Wildman–Crippen LogP) is 2.02. The average Bonchev–Trinajstić information content (AvgIpc) is 2.38. The van der Waals surface area contributed by atoms with Crippen LogP contribution in [0, 0.1) is 16.0 Å². The Morgan fingerprint density at radius 2 is 2.17 bits per heavy atom. The third-order valence-electron chi connectivity index (χ3n) is 3.17. The molecule has 0 aliphatic carbocycles. The van der Waals surface area contributed by atoms with Gasteiger partial charge in [-0.1, -0.05) is 0 Å². The molecule has 0 radical (unpaired) electrons. The van der Waals surface area contributed by atoms with Crippen LogP contribution in [0.3, 0.4) is 0 Å². The molecular weight excluding hydrogens is 234 g/mol. The van der Waals surface area contributed by atoms with Crippen LogP contribution >= 0.6 is 0 Å². The molecule has 1 aliphatic rings. The van der Waals surface area contributed by atoms with E-state index in [1.807, 2.05) is 0 Å². The maximum Gasteiger partial charge on any atom is 0.271 e. The number of benzene rings is 1. The molecule has 6 heteroatoms. The van der Waals surface area contributed by atoms with E-state index in [1.165, 1.54) is 12.1 Å². The van der Waals surface area contributed by atoms with Crippen LogP contribution in [-0.4, -0.2) is 24.7 Å². The number of nitro benzene ring substituents is 1. The van der Waals surface area contributed by atoms with Gasteiger partial charge >= 0.3 is 0 Å². The summed E-state index contributed by atoms with van der Waals surface area (Å²) < 4.78 is 5.29. The van der Waals surface area contributed by atoms with Crippen molar-refractivity contribution in [2.24, 2.45) is 5.92 Å². The highest BCUT2D eigenvalue weighted by Crippen LogP contribution is 2.25. The molecule has 0 bridgehead atoms. The van der Waals surface area contributed by atoms with Gasteiger partial charge in [0.1, 0.15) is 0 Å². The predicted molar refractivity (Wildman–Crippen MR) is 69.5 cm³/mol. The van der Waals surface area contributed by atoms with Gasteiger partial charge < -0.3 is 15.8 Å². The minimum atomic E-state index is -0.446. The van der Waals surface area contributed by atoms with Crippen molar-refractivity contribution in [2.45, 2.75) is 12.8 Å². The summed E-state index contributed by atoms with van der Waals surface area (Å²) in [6.07, 6.45) is 2.08. The van der Waals surface area contributed by atoms with Crippen LogP contribution in [0.1, 0.15) is 12.8 Å². The fraction of sp³-hybridized carbons (Fsp3) is 0.500. The maximum atomic E-state index is 10.6. The molecule has 0 atom stereocenters. The van der Waals surface area contributed by atoms with Crippen LogP contribution in [0.4, 0.5) is 17.1 Å². The molecule has 1 aromatic rings. The van der Waals surface area contributed by atoms with E-state index in [9.17, 15) is 10.1 Å². The van der Waals surface area contributed by atoms with Gasteiger partial charge in [0.05, 0.1) is 16.3 Å². The van der Waals surface area contributed by atoms with Gasteiger partial charge in [-0.15, -0.1) is 0 Å². The minimum Gasteiger partial charge on any atom is -0.397 e. The monoisotopic (exact) mass is 251 g/mol. The zero-order valence-corrected chi connectivity index (χ0v) is 10.1. The Morgan fingerprint density at radius 1 is 1.44 bits per heavy atom. The van der Waals surface area contributed by atoms with Crippen LogP contribution in [-0.2, 0) is 4.74 Å². The number of hydrogen-bond donors (Lipinski definition) is 2. The molecule has 0 unspecified atom stereocenters. The lowest BCUT2D eigenvalue weighted by molar-refractivity contribution is -0.384. The number of nitrogens with zero attached hydrogens (tertiary/aromatic N) is 1. The molecule has 0 aromatic heterocycles. The first-order valence-electron chi connectivity index (χ1n) is 6.02. The van der Waals surface area contributed by atoms with Gasteiger partial charge in [0, 0.05) is 31.9 Å². The normalized spacial score (nSPS) is 16.4. The molecule has 3 N–H and O–H groups in total. The highest BCUT2D eigenvalue weighted by molar-refractivity contribution is 5.69. The lowest BCUT2D eigenvalue weighted by Crippen LogP contribution is -2.22. The zero-order chi connectivity index (χ0) is 13.0. The third kappa shape index (κ3) is 3.10. The lowest BCUT2D eigenvalue weighted by Gasteiger charge is -2.23. The molecule has 2 rings (SSSR count). The zero-order valence-electron chi connectivity index (χ0n) is 10.1. The Kier molecular flexibility index (Phi) is 3.99. The molecule has 1 saturated heterocycles. The summed E-state index contributed by atoms with van der Waals surface area (Å²) in [5, 5.41) is 13.8. The topological polar surface area (TPSA) is 90.4 Å². The molecule has 98 valence electrons. The fourth-order valence-electron chi connectivity index (χ4n) is 2.03. The quantitative estimate of drug-likeness (QED) is 0.485. The molecule has 0 amide bonds. The van der Waals surface area contributed by atoms with Gasteiger partial charge in [-0.05, 0) is 24.8 Å². The van der Waals surface area contributed by atoms with Crippen LogP contribution in [0.25, 0.3) is 0 Å². The number of nitrogens with one attached hydrogen (secondary N) is 1. The average molecular weight is 251 g/mol. The SMILES string of the molecule is Nc1cc([N+](=O)[O-])ccc1NCC1CCOCC1. The molecule has 6 nitrogen and oxygen atoms in total. The number of ether oxygens (including phenoxy) is 1. The Balaban J connectivity index is 1.94. The summed E-state index contributed by atoms with van der Waals surface area (Å²) in [5.74, 6) is 0.577. The van der Waals surface area contributed by atoms with Crippen molar-refractivity contribution in [1.82, 2.24) is 0 Å². The molecule has 1 fully saturated rings. The van der Waals surface area contributed by atoms with Crippen LogP contribution in [0.2, 0.25) is 0 Å². The Morgan fingerprint density at radius 3 is 2.78 bits per heavy atom. The first kappa shape index (κ1) is 12.6. The fourth-order valence-corrected chi connectivity index (χ4v) is 2.03. The molecule has 0 spiro atoms. The number of rotatable bonds is 4. The van der Waals surface area contributed by atoms with E-state index in [0.717, 1.165) is 38.3 Å². The lowest BCUT2D eigenvalue weighted by atomic mass is 10.0. The number of nitro groups is 1. The van der Waals surface area contributed by atoms with Crippen molar-refractivity contribution < 1.29 is 9.66 Å². The molecule has 0 saturated carbocycles. The second-order valence-electron chi connectivity index (χ2n) is 4.47. The van der Waals surface area contributed by atoms with Gasteiger partial charge in [0.15, 0.2) is 0 Å². The van der Waals surface area contributed by atoms with Crippen molar-refractivity contribution in [1.29, 1.82) is 0 Å². The minimum absolute atomic E-state index is 0.0177. The number of hydrogen-bond acceptors (Lipinski definition) is 5. The van der Waals surface area contributed by atoms with E-state index in [2.05, 4.69) is 5.32 Å². The van der Waals surface area contributed by atoms with Gasteiger partial charge in [-0.3, -0.25) is 10.1 Å². The number of non-ortho nitro benzene ring substituents is 1. The van der Waals surface area contributed by atoms with Crippen molar-refractivity contribution >= 4 is 17.1 Å². The van der Waals surface area contributed by atoms with Crippen LogP contribution in [0.15, 0.2) is 18.2 Å². The smallest absolute Gasteiger partial charge is 0.271 e. The Hall–Kier alpha value is -1.82. The highest BCUT2D eigenvalue weighted by atomic mass is 16.6. The maximum absolute atomic E-state index is 10.6. The summed E-state index contributed by atoms with van der Waals surface area (Å²) in [5.41, 5.74) is 6.97. The molecule has 1 aromatic carbocycles. The standard InChI is InChI=1S/C12H17N3O3/c13-11-7-10(15(16)17)1-2-12(11)14-8-9-3-5-18-6-4-9/h1-2,7,9,14H,3-6,8,13H2. The number of anilines is 2. The summed E-state index contributed by atoms with van der Waals surface area (Å²) in [6, 6.07) is 4.50. The summed E-state index contributed by atoms with van der Waals surface area (Å²) in [6.45, 7) is 2.44. The summed E-state index contributed by atoms with van der Waals surface area (Å²) >= 11 is 0. The van der Waals surface area contributed by atoms with Gasteiger partial charge in [0.25, 0.3) is 5.69 Å². The molecule has 1 heterocycles. The van der Waals surface area contributed by atoms with Gasteiger partial charge in [-0.25, -0.2) is 0 Å². The van der Waals surface area contributed by atoms with Crippen LogP contribution < -0.4 is 11.1 Å². The number of nitrogen functional groups attached to an aromatic ring is 1. The van der Waals surface area contributed by atoms with E-state index in [-0.39, 0.29) is 5.69 Å². The summed E-state index contributed by atoms with van der Waals surface area (Å²) in [4.78, 5) is 10.1. The van der Waals surface area contributed by atoms with Crippen molar-refractivity contribution in [3.8, 4) is 0 Å². The van der Waals surface area contributed by atoms with E-state index < -0.39 is 4.92 Å². The van der Waals surface area contributed by atoms with Crippen molar-refractivity contribution in [2.75, 3.05) is 30.8 Å².